The monoisotopic (exact) mass is 452 g/mol. The molecule has 0 aliphatic carbocycles. The molecule has 0 amide bonds. The minimum atomic E-state index is -1.97. The lowest BCUT2D eigenvalue weighted by atomic mass is 10.0. The van der Waals surface area contributed by atoms with Crippen LogP contribution in [0.1, 0.15) is 72.1 Å². The Balaban J connectivity index is 2.20. The highest BCUT2D eigenvalue weighted by molar-refractivity contribution is 6.78. The molecule has 2 aromatic carbocycles. The molecule has 0 heterocycles. The molecule has 0 aromatic heterocycles. The van der Waals surface area contributed by atoms with E-state index in [0.717, 1.165) is 22.4 Å². The average Bonchev–Trinajstić information content (AvgIpc) is 2.69. The van der Waals surface area contributed by atoms with Crippen LogP contribution >= 0.6 is 0 Å². The molecule has 0 spiro atoms. The highest BCUT2D eigenvalue weighted by atomic mass is 28.4. The van der Waals surface area contributed by atoms with Gasteiger partial charge in [0.25, 0.3) is 8.32 Å². The molecule has 0 unspecified atom stereocenters. The molecule has 0 saturated heterocycles. The first kappa shape index (κ1) is 25.8. The standard InChI is InChI=1S/C28H40O3Si/c1-19(2)9-16-26-27(29)17-24(18-28(26)30)11-10-23-12-14-25(15-13-23)31-32(20(3)4,21(5)6)22(7)8/h9-15,17-18,20-22,29-30H,16H2,1-8H3/b11-10+. The lowest BCUT2D eigenvalue weighted by molar-refractivity contribution is 0.440. The zero-order valence-corrected chi connectivity index (χ0v) is 21.9. The minimum absolute atomic E-state index is 0.114. The van der Waals surface area contributed by atoms with Gasteiger partial charge in [-0.25, -0.2) is 0 Å². The van der Waals surface area contributed by atoms with Crippen molar-refractivity contribution >= 4 is 20.5 Å². The third-order valence-corrected chi connectivity index (χ3v) is 12.3. The number of hydrogen-bond acceptors (Lipinski definition) is 3. The van der Waals surface area contributed by atoms with E-state index in [2.05, 4.69) is 53.7 Å². The van der Waals surface area contributed by atoms with Gasteiger partial charge in [-0.1, -0.05) is 77.5 Å². The first-order chi connectivity index (χ1) is 15.0. The molecule has 32 heavy (non-hydrogen) atoms. The van der Waals surface area contributed by atoms with Crippen molar-refractivity contribution < 1.29 is 14.6 Å². The number of aromatic hydroxyl groups is 2. The summed E-state index contributed by atoms with van der Waals surface area (Å²) in [5, 5.41) is 20.7. The van der Waals surface area contributed by atoms with Gasteiger partial charge in [0.05, 0.1) is 0 Å². The van der Waals surface area contributed by atoms with Crippen molar-refractivity contribution in [3.63, 3.8) is 0 Å². The molecule has 2 rings (SSSR count). The molecule has 0 saturated carbocycles. The van der Waals surface area contributed by atoms with Crippen LogP contribution in [0, 0.1) is 0 Å². The van der Waals surface area contributed by atoms with E-state index in [1.54, 1.807) is 12.1 Å². The molecule has 0 aliphatic heterocycles. The minimum Gasteiger partial charge on any atom is -0.543 e. The number of benzene rings is 2. The van der Waals surface area contributed by atoms with Crippen LogP contribution in [0.3, 0.4) is 0 Å². The maximum Gasteiger partial charge on any atom is 0.258 e. The van der Waals surface area contributed by atoms with Crippen molar-refractivity contribution in [1.29, 1.82) is 0 Å². The SMILES string of the molecule is CC(C)=CCc1c(O)cc(/C=C/c2ccc(O[Si](C(C)C)(C(C)C)C(C)C)cc2)cc1O. The van der Waals surface area contributed by atoms with Crippen LogP contribution in [-0.4, -0.2) is 18.5 Å². The van der Waals surface area contributed by atoms with Gasteiger partial charge >= 0.3 is 0 Å². The molecule has 0 bridgehead atoms. The third kappa shape index (κ3) is 6.07. The quantitative estimate of drug-likeness (QED) is 0.228. The summed E-state index contributed by atoms with van der Waals surface area (Å²) in [7, 11) is -1.97. The van der Waals surface area contributed by atoms with Crippen LogP contribution in [0.2, 0.25) is 16.6 Å². The van der Waals surface area contributed by atoms with Crippen molar-refractivity contribution in [3.8, 4) is 17.2 Å². The maximum absolute atomic E-state index is 10.3. The molecule has 4 heteroatoms. The van der Waals surface area contributed by atoms with Gasteiger partial charge in [-0.2, -0.15) is 0 Å². The summed E-state index contributed by atoms with van der Waals surface area (Å²) in [4.78, 5) is 0. The summed E-state index contributed by atoms with van der Waals surface area (Å²) >= 11 is 0. The van der Waals surface area contributed by atoms with Crippen LogP contribution in [0.25, 0.3) is 12.2 Å². The normalized spacial score (nSPS) is 12.2. The van der Waals surface area contributed by atoms with E-state index in [9.17, 15) is 10.2 Å². The fourth-order valence-corrected chi connectivity index (χ4v) is 9.92. The van der Waals surface area contributed by atoms with Crippen LogP contribution in [-0.2, 0) is 6.42 Å². The number of rotatable bonds is 9. The van der Waals surface area contributed by atoms with Crippen LogP contribution in [0.15, 0.2) is 48.0 Å². The summed E-state index contributed by atoms with van der Waals surface area (Å²) in [5.41, 5.74) is 5.09. The molecular formula is C28H40O3Si. The molecular weight excluding hydrogens is 412 g/mol. The van der Waals surface area contributed by atoms with Gasteiger partial charge in [0.1, 0.15) is 17.2 Å². The van der Waals surface area contributed by atoms with Crippen molar-refractivity contribution in [2.45, 2.75) is 78.4 Å². The Bertz CT molecular complexity index is 904. The predicted molar refractivity (Wildman–Crippen MR) is 140 cm³/mol. The molecule has 0 aliphatic rings. The summed E-state index contributed by atoms with van der Waals surface area (Å²) in [6, 6.07) is 11.6. The highest BCUT2D eigenvalue weighted by Gasteiger charge is 2.46. The molecule has 0 atom stereocenters. The topological polar surface area (TPSA) is 49.7 Å². The van der Waals surface area contributed by atoms with E-state index in [4.69, 9.17) is 4.43 Å². The van der Waals surface area contributed by atoms with Crippen molar-refractivity contribution in [1.82, 2.24) is 0 Å². The summed E-state index contributed by atoms with van der Waals surface area (Å²) in [6.07, 6.45) is 6.38. The lowest BCUT2D eigenvalue weighted by Crippen LogP contribution is -2.50. The first-order valence-corrected chi connectivity index (χ1v) is 13.8. The van der Waals surface area contributed by atoms with Crippen molar-refractivity contribution in [3.05, 3.63) is 64.7 Å². The Hall–Kier alpha value is -2.46. The van der Waals surface area contributed by atoms with Crippen molar-refractivity contribution in [2.75, 3.05) is 0 Å². The molecule has 2 N–H and O–H groups in total. The third-order valence-electron chi connectivity index (χ3n) is 6.29. The number of hydrogen-bond donors (Lipinski definition) is 2. The van der Waals surface area contributed by atoms with Crippen LogP contribution in [0.5, 0.6) is 17.2 Å². The molecule has 174 valence electrons. The Morgan fingerprint density at radius 3 is 1.72 bits per heavy atom. The van der Waals surface area contributed by atoms with E-state index in [1.165, 1.54) is 0 Å². The fourth-order valence-electron chi connectivity index (χ4n) is 4.67. The van der Waals surface area contributed by atoms with E-state index < -0.39 is 8.32 Å². The Labute approximate surface area is 195 Å². The number of phenols is 2. The van der Waals surface area contributed by atoms with Gasteiger partial charge in [-0.05, 0) is 72.3 Å². The second kappa shape index (κ2) is 10.9. The summed E-state index contributed by atoms with van der Waals surface area (Å²) < 4.78 is 6.73. The van der Waals surface area contributed by atoms with Crippen molar-refractivity contribution in [2.24, 2.45) is 0 Å². The van der Waals surface area contributed by atoms with Gasteiger partial charge in [-0.3, -0.25) is 0 Å². The number of allylic oxidation sites excluding steroid dienone is 2. The summed E-state index contributed by atoms with van der Waals surface area (Å²) in [6.45, 7) is 17.7. The van der Waals surface area contributed by atoms with E-state index in [-0.39, 0.29) is 11.5 Å². The second-order valence-corrected chi connectivity index (χ2v) is 15.2. The van der Waals surface area contributed by atoms with Gasteiger partial charge in [-0.15, -0.1) is 0 Å². The van der Waals surface area contributed by atoms with Gasteiger partial charge in [0.15, 0.2) is 0 Å². The lowest BCUT2D eigenvalue weighted by Gasteiger charge is -2.42. The van der Waals surface area contributed by atoms with E-state index in [0.29, 0.717) is 28.6 Å². The molecule has 0 fully saturated rings. The Morgan fingerprint density at radius 1 is 0.812 bits per heavy atom. The molecule has 2 aromatic rings. The predicted octanol–water partition coefficient (Wildman–Crippen LogP) is 8.33. The fraction of sp³-hybridized carbons (Fsp3) is 0.429. The highest BCUT2D eigenvalue weighted by Crippen LogP contribution is 2.42. The average molecular weight is 453 g/mol. The van der Waals surface area contributed by atoms with Gasteiger partial charge < -0.3 is 14.6 Å². The summed E-state index contributed by atoms with van der Waals surface area (Å²) in [5.74, 6) is 1.16. The van der Waals surface area contributed by atoms with Crippen LogP contribution < -0.4 is 4.43 Å². The van der Waals surface area contributed by atoms with Gasteiger partial charge in [0, 0.05) is 5.56 Å². The zero-order chi connectivity index (χ0) is 24.1. The maximum atomic E-state index is 10.3. The van der Waals surface area contributed by atoms with Gasteiger partial charge in [0.2, 0.25) is 0 Å². The van der Waals surface area contributed by atoms with E-state index in [1.807, 2.05) is 44.2 Å². The zero-order valence-electron chi connectivity index (χ0n) is 20.9. The first-order valence-electron chi connectivity index (χ1n) is 11.6. The second-order valence-electron chi connectivity index (χ2n) is 9.85. The largest absolute Gasteiger partial charge is 0.543 e. The van der Waals surface area contributed by atoms with Crippen LogP contribution in [0.4, 0.5) is 0 Å². The Morgan fingerprint density at radius 2 is 1.28 bits per heavy atom. The molecule has 0 radical (unpaired) electrons. The van der Waals surface area contributed by atoms with E-state index >= 15 is 0 Å². The Kier molecular flexibility index (Phi) is 8.79. The number of phenolic OH excluding ortho intramolecular Hbond substituents is 2. The smallest absolute Gasteiger partial charge is 0.258 e. The molecule has 3 nitrogen and oxygen atoms in total.